The van der Waals surface area contributed by atoms with Gasteiger partial charge in [0.25, 0.3) is 0 Å². The van der Waals surface area contributed by atoms with Crippen LogP contribution in [0, 0.1) is 5.41 Å². The molecule has 1 aliphatic rings. The molecule has 1 fully saturated rings. The largest absolute Gasteiger partial charge is 0.495 e. The standard InChI is InChI=1S/C11H17N3O/c1-15-9-2-3-10(13-6-9)14-8-11(7-12)4-5-11/h2-3,6H,4-5,7-8,12H2,1H3,(H,13,14). The zero-order valence-corrected chi connectivity index (χ0v) is 8.99. The molecule has 0 bridgehead atoms. The van der Waals surface area contributed by atoms with E-state index in [1.54, 1.807) is 13.3 Å². The third-order valence-electron chi connectivity index (χ3n) is 3.01. The average molecular weight is 207 g/mol. The van der Waals surface area contributed by atoms with Crippen LogP contribution < -0.4 is 15.8 Å². The number of nitrogens with zero attached hydrogens (tertiary/aromatic N) is 1. The summed E-state index contributed by atoms with van der Waals surface area (Å²) in [4.78, 5) is 4.24. The maximum atomic E-state index is 5.70. The first-order valence-corrected chi connectivity index (χ1v) is 5.22. The predicted octanol–water partition coefficient (Wildman–Crippen LogP) is 1.24. The van der Waals surface area contributed by atoms with Crippen molar-refractivity contribution in [3.05, 3.63) is 18.3 Å². The highest BCUT2D eigenvalue weighted by Crippen LogP contribution is 2.44. The molecule has 15 heavy (non-hydrogen) atoms. The molecule has 2 rings (SSSR count). The first-order chi connectivity index (χ1) is 7.28. The number of hydrogen-bond donors (Lipinski definition) is 2. The molecule has 0 saturated heterocycles. The first-order valence-electron chi connectivity index (χ1n) is 5.22. The third kappa shape index (κ3) is 2.39. The van der Waals surface area contributed by atoms with Gasteiger partial charge in [0.1, 0.15) is 11.6 Å². The minimum atomic E-state index is 0.335. The molecular weight excluding hydrogens is 190 g/mol. The second-order valence-corrected chi connectivity index (χ2v) is 4.14. The number of anilines is 1. The van der Waals surface area contributed by atoms with Crippen LogP contribution in [-0.2, 0) is 0 Å². The van der Waals surface area contributed by atoms with Crippen molar-refractivity contribution in [1.82, 2.24) is 4.98 Å². The van der Waals surface area contributed by atoms with E-state index in [4.69, 9.17) is 10.5 Å². The Hall–Kier alpha value is -1.29. The molecule has 4 nitrogen and oxygen atoms in total. The average Bonchev–Trinajstić information content (AvgIpc) is 3.08. The van der Waals surface area contributed by atoms with E-state index in [1.165, 1.54) is 12.8 Å². The van der Waals surface area contributed by atoms with Gasteiger partial charge in [-0.15, -0.1) is 0 Å². The van der Waals surface area contributed by atoms with Gasteiger partial charge in [0.15, 0.2) is 0 Å². The van der Waals surface area contributed by atoms with Crippen LogP contribution in [0.5, 0.6) is 5.75 Å². The van der Waals surface area contributed by atoms with Crippen molar-refractivity contribution < 1.29 is 4.74 Å². The van der Waals surface area contributed by atoms with Crippen LogP contribution >= 0.6 is 0 Å². The van der Waals surface area contributed by atoms with Crippen LogP contribution in [0.2, 0.25) is 0 Å². The molecule has 0 atom stereocenters. The number of aromatic nitrogens is 1. The van der Waals surface area contributed by atoms with Crippen LogP contribution in [0.15, 0.2) is 18.3 Å². The summed E-state index contributed by atoms with van der Waals surface area (Å²) in [6, 6.07) is 3.82. The molecule has 4 heteroatoms. The van der Waals surface area contributed by atoms with Gasteiger partial charge in [0, 0.05) is 6.54 Å². The summed E-state index contributed by atoms with van der Waals surface area (Å²) in [5.74, 6) is 1.66. The van der Waals surface area contributed by atoms with E-state index < -0.39 is 0 Å². The molecule has 1 aromatic heterocycles. The summed E-state index contributed by atoms with van der Waals surface area (Å²) in [5, 5.41) is 3.30. The predicted molar refractivity (Wildman–Crippen MR) is 60.0 cm³/mol. The Morgan fingerprint density at radius 3 is 2.80 bits per heavy atom. The maximum Gasteiger partial charge on any atom is 0.137 e. The third-order valence-corrected chi connectivity index (χ3v) is 3.01. The molecule has 0 aromatic carbocycles. The number of methoxy groups -OCH3 is 1. The van der Waals surface area contributed by atoms with E-state index in [0.29, 0.717) is 5.41 Å². The van der Waals surface area contributed by atoms with Crippen LogP contribution in [0.25, 0.3) is 0 Å². The van der Waals surface area contributed by atoms with E-state index in [-0.39, 0.29) is 0 Å². The molecule has 1 saturated carbocycles. The Morgan fingerprint density at radius 2 is 2.33 bits per heavy atom. The molecule has 82 valence electrons. The van der Waals surface area contributed by atoms with Crippen LogP contribution in [0.1, 0.15) is 12.8 Å². The van der Waals surface area contributed by atoms with Crippen molar-refractivity contribution >= 4 is 5.82 Å². The van der Waals surface area contributed by atoms with Gasteiger partial charge in [-0.2, -0.15) is 0 Å². The van der Waals surface area contributed by atoms with Gasteiger partial charge in [0.05, 0.1) is 13.3 Å². The number of nitrogens with two attached hydrogens (primary N) is 1. The molecule has 0 aliphatic heterocycles. The summed E-state index contributed by atoms with van der Waals surface area (Å²) in [6.07, 6.45) is 4.17. The molecular formula is C11H17N3O. The summed E-state index contributed by atoms with van der Waals surface area (Å²) in [7, 11) is 1.64. The smallest absolute Gasteiger partial charge is 0.137 e. The van der Waals surface area contributed by atoms with Crippen LogP contribution in [-0.4, -0.2) is 25.2 Å². The Bertz CT molecular complexity index is 319. The fraction of sp³-hybridized carbons (Fsp3) is 0.545. The zero-order valence-electron chi connectivity index (χ0n) is 8.99. The highest BCUT2D eigenvalue weighted by Gasteiger charge is 2.40. The Morgan fingerprint density at radius 1 is 1.53 bits per heavy atom. The molecule has 0 amide bonds. The lowest BCUT2D eigenvalue weighted by Gasteiger charge is -2.13. The van der Waals surface area contributed by atoms with Gasteiger partial charge >= 0.3 is 0 Å². The lowest BCUT2D eigenvalue weighted by atomic mass is 10.1. The molecule has 0 spiro atoms. The second-order valence-electron chi connectivity index (χ2n) is 4.14. The molecule has 0 unspecified atom stereocenters. The van der Waals surface area contributed by atoms with E-state index in [1.807, 2.05) is 12.1 Å². The summed E-state index contributed by atoms with van der Waals surface area (Å²) in [6.45, 7) is 1.68. The minimum absolute atomic E-state index is 0.335. The lowest BCUT2D eigenvalue weighted by Crippen LogP contribution is -2.24. The highest BCUT2D eigenvalue weighted by atomic mass is 16.5. The lowest BCUT2D eigenvalue weighted by molar-refractivity contribution is 0.413. The Kier molecular flexibility index (Phi) is 2.77. The number of nitrogens with one attached hydrogen (secondary N) is 1. The topological polar surface area (TPSA) is 60.2 Å². The number of ether oxygens (including phenoxy) is 1. The Balaban J connectivity index is 1.88. The quantitative estimate of drug-likeness (QED) is 0.762. The maximum absolute atomic E-state index is 5.70. The normalized spacial score (nSPS) is 17.2. The van der Waals surface area contributed by atoms with Gasteiger partial charge in [-0.1, -0.05) is 0 Å². The Labute approximate surface area is 89.8 Å². The van der Waals surface area contributed by atoms with Crippen molar-refractivity contribution in [1.29, 1.82) is 0 Å². The highest BCUT2D eigenvalue weighted by molar-refractivity contribution is 5.38. The van der Waals surface area contributed by atoms with Gasteiger partial charge < -0.3 is 15.8 Å². The summed E-state index contributed by atoms with van der Waals surface area (Å²) in [5.41, 5.74) is 6.03. The van der Waals surface area contributed by atoms with Gasteiger partial charge in [-0.25, -0.2) is 4.98 Å². The SMILES string of the molecule is COc1ccc(NCC2(CN)CC2)nc1. The number of hydrogen-bond acceptors (Lipinski definition) is 4. The van der Waals surface area contributed by atoms with Crippen molar-refractivity contribution in [2.24, 2.45) is 11.1 Å². The molecule has 3 N–H and O–H groups in total. The van der Waals surface area contributed by atoms with Crippen LogP contribution in [0.4, 0.5) is 5.82 Å². The summed E-state index contributed by atoms with van der Waals surface area (Å²) >= 11 is 0. The minimum Gasteiger partial charge on any atom is -0.495 e. The summed E-state index contributed by atoms with van der Waals surface area (Å²) < 4.78 is 5.04. The molecule has 1 aliphatic carbocycles. The molecule has 0 radical (unpaired) electrons. The van der Waals surface area contributed by atoms with E-state index in [2.05, 4.69) is 10.3 Å². The fourth-order valence-electron chi connectivity index (χ4n) is 1.51. The van der Waals surface area contributed by atoms with Crippen molar-refractivity contribution in [2.45, 2.75) is 12.8 Å². The van der Waals surface area contributed by atoms with Crippen LogP contribution in [0.3, 0.4) is 0 Å². The van der Waals surface area contributed by atoms with Crippen molar-refractivity contribution in [3.63, 3.8) is 0 Å². The van der Waals surface area contributed by atoms with E-state index in [9.17, 15) is 0 Å². The zero-order chi connectivity index (χ0) is 10.7. The first kappa shape index (κ1) is 10.2. The second kappa shape index (κ2) is 4.06. The molecule has 1 heterocycles. The number of rotatable bonds is 5. The van der Waals surface area contributed by atoms with E-state index in [0.717, 1.165) is 24.7 Å². The van der Waals surface area contributed by atoms with Crippen molar-refractivity contribution in [3.8, 4) is 5.75 Å². The van der Waals surface area contributed by atoms with Gasteiger partial charge in [0.2, 0.25) is 0 Å². The van der Waals surface area contributed by atoms with E-state index >= 15 is 0 Å². The monoisotopic (exact) mass is 207 g/mol. The molecule has 1 aromatic rings. The van der Waals surface area contributed by atoms with Gasteiger partial charge in [-0.05, 0) is 36.9 Å². The van der Waals surface area contributed by atoms with Gasteiger partial charge in [-0.3, -0.25) is 0 Å². The number of pyridine rings is 1. The van der Waals surface area contributed by atoms with Crippen molar-refractivity contribution in [2.75, 3.05) is 25.5 Å². The fourth-order valence-corrected chi connectivity index (χ4v) is 1.51.